The van der Waals surface area contributed by atoms with Gasteiger partial charge in [-0.1, -0.05) is 67.4 Å². The summed E-state index contributed by atoms with van der Waals surface area (Å²) in [5, 5.41) is 0. The molecule has 23 heavy (non-hydrogen) atoms. The Morgan fingerprint density at radius 1 is 0.826 bits per heavy atom. The molecule has 0 bridgehead atoms. The summed E-state index contributed by atoms with van der Waals surface area (Å²) in [6, 6.07) is 21.6. The number of aryl methyl sites for hydroxylation is 2. The van der Waals surface area contributed by atoms with E-state index in [1.807, 2.05) is 6.20 Å². The van der Waals surface area contributed by atoms with Gasteiger partial charge in [-0.2, -0.15) is 0 Å². The summed E-state index contributed by atoms with van der Waals surface area (Å²) in [6.45, 7) is 4.35. The standard InChI is InChI=1S/C22H23N/c1-3-4-8-18-12-13-22(23-16-18)21-11-6-10-20(15-21)19-9-5-7-17(2)14-19/h5-7,9-16H,3-4,8H2,1-2H3. The van der Waals surface area contributed by atoms with Crippen LogP contribution in [0.4, 0.5) is 0 Å². The molecule has 2 aromatic carbocycles. The van der Waals surface area contributed by atoms with Crippen molar-refractivity contribution in [2.45, 2.75) is 33.1 Å². The van der Waals surface area contributed by atoms with Gasteiger partial charge in [-0.05, 0) is 48.6 Å². The number of hydrogen-bond donors (Lipinski definition) is 0. The molecule has 1 heterocycles. The molecular weight excluding hydrogens is 278 g/mol. The topological polar surface area (TPSA) is 12.9 Å². The molecule has 3 aromatic rings. The van der Waals surface area contributed by atoms with E-state index in [2.05, 4.69) is 79.5 Å². The lowest BCUT2D eigenvalue weighted by atomic mass is 10.00. The zero-order valence-electron chi connectivity index (χ0n) is 13.9. The van der Waals surface area contributed by atoms with Crippen LogP contribution in [0.3, 0.4) is 0 Å². The van der Waals surface area contributed by atoms with Crippen LogP contribution in [-0.2, 0) is 6.42 Å². The van der Waals surface area contributed by atoms with Gasteiger partial charge < -0.3 is 0 Å². The Kier molecular flexibility index (Phi) is 4.87. The van der Waals surface area contributed by atoms with Crippen molar-refractivity contribution in [2.75, 3.05) is 0 Å². The van der Waals surface area contributed by atoms with Crippen LogP contribution in [0, 0.1) is 6.92 Å². The summed E-state index contributed by atoms with van der Waals surface area (Å²) in [5.74, 6) is 0. The van der Waals surface area contributed by atoms with Crippen molar-refractivity contribution in [3.8, 4) is 22.4 Å². The summed E-state index contributed by atoms with van der Waals surface area (Å²) in [7, 11) is 0. The van der Waals surface area contributed by atoms with E-state index in [0.29, 0.717) is 0 Å². The van der Waals surface area contributed by atoms with E-state index in [1.54, 1.807) is 0 Å². The largest absolute Gasteiger partial charge is 0.256 e. The molecule has 0 N–H and O–H groups in total. The monoisotopic (exact) mass is 301 g/mol. The van der Waals surface area contributed by atoms with E-state index in [1.165, 1.54) is 40.7 Å². The minimum atomic E-state index is 1.04. The highest BCUT2D eigenvalue weighted by atomic mass is 14.7. The smallest absolute Gasteiger partial charge is 0.0702 e. The zero-order valence-corrected chi connectivity index (χ0v) is 13.9. The molecule has 1 nitrogen and oxygen atoms in total. The van der Waals surface area contributed by atoms with Crippen LogP contribution < -0.4 is 0 Å². The first kappa shape index (κ1) is 15.5. The molecule has 116 valence electrons. The van der Waals surface area contributed by atoms with Gasteiger partial charge in [-0.25, -0.2) is 0 Å². The van der Waals surface area contributed by atoms with Gasteiger partial charge in [-0.15, -0.1) is 0 Å². The van der Waals surface area contributed by atoms with Crippen LogP contribution in [0.1, 0.15) is 30.9 Å². The van der Waals surface area contributed by atoms with Crippen LogP contribution in [0.25, 0.3) is 22.4 Å². The minimum Gasteiger partial charge on any atom is -0.256 e. The highest BCUT2D eigenvalue weighted by Crippen LogP contribution is 2.26. The first-order valence-electron chi connectivity index (χ1n) is 8.38. The maximum atomic E-state index is 4.65. The van der Waals surface area contributed by atoms with E-state index >= 15 is 0 Å². The molecule has 0 spiro atoms. The molecule has 0 saturated heterocycles. The average Bonchev–Trinajstić information content (AvgIpc) is 2.60. The van der Waals surface area contributed by atoms with Crippen molar-refractivity contribution in [3.63, 3.8) is 0 Å². The Morgan fingerprint density at radius 2 is 1.57 bits per heavy atom. The van der Waals surface area contributed by atoms with Gasteiger partial charge in [0.1, 0.15) is 0 Å². The molecule has 0 aliphatic carbocycles. The second-order valence-corrected chi connectivity index (χ2v) is 6.11. The Hall–Kier alpha value is -2.41. The highest BCUT2D eigenvalue weighted by molar-refractivity contribution is 5.71. The van der Waals surface area contributed by atoms with Crippen molar-refractivity contribution < 1.29 is 0 Å². The van der Waals surface area contributed by atoms with Crippen molar-refractivity contribution in [3.05, 3.63) is 78.0 Å². The van der Waals surface area contributed by atoms with Gasteiger partial charge in [0.15, 0.2) is 0 Å². The number of aromatic nitrogens is 1. The number of unbranched alkanes of at least 4 members (excludes halogenated alkanes) is 1. The molecule has 0 aliphatic rings. The summed E-state index contributed by atoms with van der Waals surface area (Å²) in [5.41, 5.74) is 7.32. The molecule has 1 heteroatoms. The van der Waals surface area contributed by atoms with Crippen molar-refractivity contribution in [1.82, 2.24) is 4.98 Å². The summed E-state index contributed by atoms with van der Waals surface area (Å²) in [6.07, 6.45) is 5.58. The molecule has 0 saturated carbocycles. The lowest BCUT2D eigenvalue weighted by Gasteiger charge is -2.07. The maximum Gasteiger partial charge on any atom is 0.0702 e. The van der Waals surface area contributed by atoms with Crippen molar-refractivity contribution in [1.29, 1.82) is 0 Å². The summed E-state index contributed by atoms with van der Waals surface area (Å²) >= 11 is 0. The average molecular weight is 301 g/mol. The third-order valence-corrected chi connectivity index (χ3v) is 4.15. The number of pyridine rings is 1. The van der Waals surface area contributed by atoms with E-state index in [9.17, 15) is 0 Å². The van der Waals surface area contributed by atoms with E-state index in [4.69, 9.17) is 0 Å². The molecule has 0 fully saturated rings. The van der Waals surface area contributed by atoms with E-state index in [-0.39, 0.29) is 0 Å². The molecule has 0 radical (unpaired) electrons. The third-order valence-electron chi connectivity index (χ3n) is 4.15. The highest BCUT2D eigenvalue weighted by Gasteiger charge is 2.03. The summed E-state index contributed by atoms with van der Waals surface area (Å²) in [4.78, 5) is 4.65. The fourth-order valence-corrected chi connectivity index (χ4v) is 2.81. The fraction of sp³-hybridized carbons (Fsp3) is 0.227. The normalized spacial score (nSPS) is 10.7. The number of hydrogen-bond acceptors (Lipinski definition) is 1. The first-order valence-corrected chi connectivity index (χ1v) is 8.38. The Morgan fingerprint density at radius 3 is 2.26 bits per heavy atom. The van der Waals surface area contributed by atoms with Gasteiger partial charge in [0.25, 0.3) is 0 Å². The van der Waals surface area contributed by atoms with Crippen molar-refractivity contribution in [2.24, 2.45) is 0 Å². The van der Waals surface area contributed by atoms with Gasteiger partial charge >= 0.3 is 0 Å². The van der Waals surface area contributed by atoms with Crippen LogP contribution in [0.15, 0.2) is 66.9 Å². The van der Waals surface area contributed by atoms with Crippen LogP contribution in [0.5, 0.6) is 0 Å². The van der Waals surface area contributed by atoms with Crippen LogP contribution in [-0.4, -0.2) is 4.98 Å². The van der Waals surface area contributed by atoms with Gasteiger partial charge in [0, 0.05) is 11.8 Å². The lowest BCUT2D eigenvalue weighted by Crippen LogP contribution is -1.89. The predicted molar refractivity (Wildman–Crippen MR) is 98.5 cm³/mol. The quantitative estimate of drug-likeness (QED) is 0.557. The Bertz CT molecular complexity index is 772. The van der Waals surface area contributed by atoms with Crippen LogP contribution >= 0.6 is 0 Å². The first-order chi connectivity index (χ1) is 11.3. The second-order valence-electron chi connectivity index (χ2n) is 6.11. The number of benzene rings is 2. The maximum absolute atomic E-state index is 4.65. The molecular formula is C22H23N. The van der Waals surface area contributed by atoms with E-state index in [0.717, 1.165) is 12.1 Å². The minimum absolute atomic E-state index is 1.04. The summed E-state index contributed by atoms with van der Waals surface area (Å²) < 4.78 is 0. The van der Waals surface area contributed by atoms with Gasteiger partial charge in [0.2, 0.25) is 0 Å². The second kappa shape index (κ2) is 7.23. The fourth-order valence-electron chi connectivity index (χ4n) is 2.81. The third kappa shape index (κ3) is 3.87. The van der Waals surface area contributed by atoms with Gasteiger partial charge in [0.05, 0.1) is 5.69 Å². The molecule has 1 aromatic heterocycles. The Balaban J connectivity index is 1.87. The predicted octanol–water partition coefficient (Wildman–Crippen LogP) is 6.07. The molecule has 0 atom stereocenters. The van der Waals surface area contributed by atoms with Gasteiger partial charge in [-0.3, -0.25) is 4.98 Å². The number of nitrogens with zero attached hydrogens (tertiary/aromatic N) is 1. The molecule has 3 rings (SSSR count). The molecule has 0 aliphatic heterocycles. The SMILES string of the molecule is CCCCc1ccc(-c2cccc(-c3cccc(C)c3)c2)nc1. The van der Waals surface area contributed by atoms with Crippen LogP contribution in [0.2, 0.25) is 0 Å². The number of rotatable bonds is 5. The lowest BCUT2D eigenvalue weighted by molar-refractivity contribution is 0.792. The Labute approximate surface area is 139 Å². The zero-order chi connectivity index (χ0) is 16.1. The molecule has 0 amide bonds. The van der Waals surface area contributed by atoms with Crippen molar-refractivity contribution >= 4 is 0 Å². The van der Waals surface area contributed by atoms with E-state index < -0.39 is 0 Å². The molecule has 0 unspecified atom stereocenters.